The predicted molar refractivity (Wildman–Crippen MR) is 97.0 cm³/mol. The fourth-order valence-electron chi connectivity index (χ4n) is 2.89. The molecule has 1 heterocycles. The van der Waals surface area contributed by atoms with Gasteiger partial charge in [0.15, 0.2) is 0 Å². The molecular weight excluding hydrogens is 330 g/mol. The molecule has 0 aliphatic carbocycles. The zero-order valence-electron chi connectivity index (χ0n) is 15.1. The molecule has 0 radical (unpaired) electrons. The van der Waals surface area contributed by atoms with Crippen molar-refractivity contribution in [1.29, 1.82) is 0 Å². The van der Waals surface area contributed by atoms with Crippen molar-refractivity contribution in [2.45, 2.75) is 39.8 Å². The van der Waals surface area contributed by atoms with E-state index in [4.69, 9.17) is 4.74 Å². The summed E-state index contributed by atoms with van der Waals surface area (Å²) in [6.45, 7) is 5.89. The van der Waals surface area contributed by atoms with Crippen LogP contribution in [0, 0.1) is 6.92 Å². The first-order valence-corrected chi connectivity index (χ1v) is 8.67. The number of nitrogens with zero attached hydrogens (tertiary/aromatic N) is 1. The normalized spacial score (nSPS) is 14.3. The number of esters is 1. The van der Waals surface area contributed by atoms with Crippen molar-refractivity contribution >= 4 is 17.8 Å². The zero-order chi connectivity index (χ0) is 18.8. The second-order valence-corrected chi connectivity index (χ2v) is 6.56. The van der Waals surface area contributed by atoms with Crippen molar-refractivity contribution in [2.75, 3.05) is 0 Å². The van der Waals surface area contributed by atoms with Crippen LogP contribution in [0.25, 0.3) is 0 Å². The van der Waals surface area contributed by atoms with Crippen molar-refractivity contribution in [3.05, 3.63) is 70.3 Å². The van der Waals surface area contributed by atoms with E-state index in [1.807, 2.05) is 45.0 Å². The summed E-state index contributed by atoms with van der Waals surface area (Å²) >= 11 is 0. The van der Waals surface area contributed by atoms with Crippen LogP contribution in [0.4, 0.5) is 0 Å². The Hall–Kier alpha value is -2.95. The summed E-state index contributed by atoms with van der Waals surface area (Å²) in [6, 6.07) is 12.0. The van der Waals surface area contributed by atoms with Crippen molar-refractivity contribution in [3.8, 4) is 0 Å². The van der Waals surface area contributed by atoms with Gasteiger partial charge in [-0.05, 0) is 44.0 Å². The third-order valence-electron chi connectivity index (χ3n) is 4.68. The monoisotopic (exact) mass is 351 g/mol. The van der Waals surface area contributed by atoms with Crippen LogP contribution in [0.15, 0.2) is 42.5 Å². The summed E-state index contributed by atoms with van der Waals surface area (Å²) in [5.41, 5.74) is 2.89. The molecule has 26 heavy (non-hydrogen) atoms. The summed E-state index contributed by atoms with van der Waals surface area (Å²) in [6.07, 6.45) is 0.677. The Bertz CT molecular complexity index is 870. The number of aryl methyl sites for hydroxylation is 1. The van der Waals surface area contributed by atoms with Gasteiger partial charge in [0.2, 0.25) is 0 Å². The van der Waals surface area contributed by atoms with E-state index in [1.54, 1.807) is 0 Å². The van der Waals surface area contributed by atoms with Crippen LogP contribution in [0.3, 0.4) is 0 Å². The molecule has 0 saturated heterocycles. The average molecular weight is 351 g/mol. The first kappa shape index (κ1) is 17.9. The van der Waals surface area contributed by atoms with Crippen molar-refractivity contribution in [3.63, 3.8) is 0 Å². The molecule has 2 aromatic rings. The number of carbonyl (C=O) groups is 3. The van der Waals surface area contributed by atoms with Gasteiger partial charge in [-0.15, -0.1) is 0 Å². The lowest BCUT2D eigenvalue weighted by atomic mass is 10.1. The molecule has 134 valence electrons. The Morgan fingerprint density at radius 3 is 2.35 bits per heavy atom. The van der Waals surface area contributed by atoms with Crippen LogP contribution < -0.4 is 0 Å². The molecule has 0 aromatic heterocycles. The third-order valence-corrected chi connectivity index (χ3v) is 4.68. The predicted octanol–water partition coefficient (Wildman–Crippen LogP) is 3.75. The molecule has 0 saturated carbocycles. The van der Waals surface area contributed by atoms with Crippen molar-refractivity contribution in [2.24, 2.45) is 0 Å². The van der Waals surface area contributed by atoms with E-state index in [0.29, 0.717) is 12.0 Å². The molecule has 0 spiro atoms. The van der Waals surface area contributed by atoms with Gasteiger partial charge in [-0.1, -0.05) is 36.8 Å². The van der Waals surface area contributed by atoms with Gasteiger partial charge in [-0.3, -0.25) is 14.5 Å². The molecule has 1 aliphatic rings. The molecule has 5 nitrogen and oxygen atoms in total. The van der Waals surface area contributed by atoms with Gasteiger partial charge in [-0.2, -0.15) is 0 Å². The number of hydrogen-bond acceptors (Lipinski definition) is 4. The highest BCUT2D eigenvalue weighted by Crippen LogP contribution is 2.27. The van der Waals surface area contributed by atoms with Crippen molar-refractivity contribution in [1.82, 2.24) is 4.90 Å². The Morgan fingerprint density at radius 1 is 1.04 bits per heavy atom. The second-order valence-electron chi connectivity index (χ2n) is 6.56. The maximum absolute atomic E-state index is 12.5. The molecule has 3 rings (SSSR count). The summed E-state index contributed by atoms with van der Waals surface area (Å²) in [5.74, 6) is -1.18. The molecule has 2 aromatic carbocycles. The highest BCUT2D eigenvalue weighted by molar-refractivity contribution is 6.22. The minimum absolute atomic E-state index is 0.155. The Labute approximate surface area is 152 Å². The summed E-state index contributed by atoms with van der Waals surface area (Å²) in [7, 11) is 0. The van der Waals surface area contributed by atoms with E-state index >= 15 is 0 Å². The number of imide groups is 1. The van der Waals surface area contributed by atoms with Crippen LogP contribution in [-0.4, -0.2) is 28.7 Å². The standard InChI is InChI=1S/C21H21NO4/c1-4-14(3)22-19(23)17-10-9-16(11-18(17)20(22)24)21(25)26-12-15-7-5-13(2)6-8-15/h5-11,14H,4,12H2,1-3H3/t14-/m1/s1. The molecule has 1 aliphatic heterocycles. The average Bonchev–Trinajstić information content (AvgIpc) is 2.90. The molecule has 5 heteroatoms. The van der Waals surface area contributed by atoms with Gasteiger partial charge in [0.25, 0.3) is 11.8 Å². The highest BCUT2D eigenvalue weighted by Gasteiger charge is 2.38. The maximum Gasteiger partial charge on any atom is 0.338 e. The number of rotatable bonds is 5. The SMILES string of the molecule is CC[C@@H](C)N1C(=O)c2ccc(C(=O)OCc3ccc(C)cc3)cc2C1=O. The molecular formula is C21H21NO4. The number of carbonyl (C=O) groups excluding carboxylic acids is 3. The van der Waals surface area contributed by atoms with Crippen LogP contribution >= 0.6 is 0 Å². The topological polar surface area (TPSA) is 63.7 Å². The van der Waals surface area contributed by atoms with Gasteiger partial charge >= 0.3 is 5.97 Å². The number of hydrogen-bond donors (Lipinski definition) is 0. The Balaban J connectivity index is 1.76. The highest BCUT2D eigenvalue weighted by atomic mass is 16.5. The number of ether oxygens (including phenoxy) is 1. The number of fused-ring (bicyclic) bond motifs is 1. The second kappa shape index (κ2) is 7.12. The molecule has 0 fully saturated rings. The van der Waals surface area contributed by atoms with E-state index in [2.05, 4.69) is 0 Å². The smallest absolute Gasteiger partial charge is 0.338 e. The van der Waals surface area contributed by atoms with Gasteiger partial charge < -0.3 is 4.74 Å². The van der Waals surface area contributed by atoms with Crippen LogP contribution in [0.2, 0.25) is 0 Å². The third kappa shape index (κ3) is 3.25. The lowest BCUT2D eigenvalue weighted by Gasteiger charge is -2.20. The van der Waals surface area contributed by atoms with Gasteiger partial charge in [0.1, 0.15) is 6.61 Å². The first-order valence-electron chi connectivity index (χ1n) is 8.67. The maximum atomic E-state index is 12.5. The zero-order valence-corrected chi connectivity index (χ0v) is 15.1. The number of benzene rings is 2. The Kier molecular flexibility index (Phi) is 4.89. The van der Waals surface area contributed by atoms with Gasteiger partial charge in [0, 0.05) is 6.04 Å². The summed E-state index contributed by atoms with van der Waals surface area (Å²) in [4.78, 5) is 38.5. The quantitative estimate of drug-likeness (QED) is 0.608. The largest absolute Gasteiger partial charge is 0.457 e. The van der Waals surface area contributed by atoms with Crippen LogP contribution in [0.5, 0.6) is 0 Å². The van der Waals surface area contributed by atoms with E-state index < -0.39 is 5.97 Å². The summed E-state index contributed by atoms with van der Waals surface area (Å²) in [5, 5.41) is 0. The fraction of sp³-hybridized carbons (Fsp3) is 0.286. The first-order chi connectivity index (χ1) is 12.4. The molecule has 0 unspecified atom stereocenters. The van der Waals surface area contributed by atoms with Crippen molar-refractivity contribution < 1.29 is 19.1 Å². The van der Waals surface area contributed by atoms with Gasteiger partial charge in [0.05, 0.1) is 16.7 Å². The lowest BCUT2D eigenvalue weighted by Crippen LogP contribution is -2.37. The molecule has 0 N–H and O–H groups in total. The molecule has 0 bridgehead atoms. The van der Waals surface area contributed by atoms with Crippen LogP contribution in [-0.2, 0) is 11.3 Å². The van der Waals surface area contributed by atoms with Crippen LogP contribution in [0.1, 0.15) is 62.5 Å². The lowest BCUT2D eigenvalue weighted by molar-refractivity contribution is 0.0472. The number of amides is 2. The van der Waals surface area contributed by atoms with Gasteiger partial charge in [-0.25, -0.2) is 4.79 Å². The molecule has 2 amide bonds. The Morgan fingerprint density at radius 2 is 1.69 bits per heavy atom. The molecule has 1 atom stereocenters. The van der Waals surface area contributed by atoms with E-state index in [0.717, 1.165) is 11.1 Å². The fourth-order valence-corrected chi connectivity index (χ4v) is 2.89. The minimum Gasteiger partial charge on any atom is -0.457 e. The van der Waals surface area contributed by atoms with E-state index in [-0.39, 0.29) is 35.6 Å². The summed E-state index contributed by atoms with van der Waals surface area (Å²) < 4.78 is 5.32. The van der Waals surface area contributed by atoms with E-state index in [1.165, 1.54) is 23.1 Å². The minimum atomic E-state index is -0.518. The van der Waals surface area contributed by atoms with E-state index in [9.17, 15) is 14.4 Å².